The molecule has 0 aromatic carbocycles. The summed E-state index contributed by atoms with van der Waals surface area (Å²) in [5.74, 6) is 0.786. The molecule has 5 heteroatoms. The Morgan fingerprint density at radius 2 is 2.10 bits per heavy atom. The summed E-state index contributed by atoms with van der Waals surface area (Å²) in [5, 5.41) is 8.16. The fourth-order valence-corrected chi connectivity index (χ4v) is 2.97. The van der Waals surface area contributed by atoms with E-state index in [0.717, 1.165) is 38.9 Å². The van der Waals surface area contributed by atoms with Gasteiger partial charge in [0.05, 0.1) is 17.6 Å². The molecule has 1 aromatic rings. The third-order valence-electron chi connectivity index (χ3n) is 4.12. The van der Waals surface area contributed by atoms with Gasteiger partial charge in [0.25, 0.3) is 0 Å². The average molecular weight is 292 g/mol. The maximum atomic E-state index is 11.4. The molecule has 0 radical (unpaired) electrons. The number of hydrogen-bond donors (Lipinski definition) is 1. The monoisotopic (exact) mass is 292 g/mol. The zero-order chi connectivity index (χ0) is 15.4. The molecular formula is C16H28N4O. The number of likely N-dealkylation sites (tertiary alicyclic amines) is 1. The summed E-state index contributed by atoms with van der Waals surface area (Å²) in [4.78, 5) is 13.3. The van der Waals surface area contributed by atoms with Crippen molar-refractivity contribution in [3.8, 4) is 0 Å². The summed E-state index contributed by atoms with van der Waals surface area (Å²) in [7, 11) is 0. The third kappa shape index (κ3) is 3.99. The first-order valence-corrected chi connectivity index (χ1v) is 8.08. The highest BCUT2D eigenvalue weighted by Crippen LogP contribution is 2.21. The molecule has 2 heterocycles. The van der Waals surface area contributed by atoms with Crippen LogP contribution in [0.4, 0.5) is 5.69 Å². The largest absolute Gasteiger partial charge is 0.379 e. The van der Waals surface area contributed by atoms with E-state index in [4.69, 9.17) is 0 Å². The minimum Gasteiger partial charge on any atom is -0.379 e. The highest BCUT2D eigenvalue weighted by Gasteiger charge is 2.22. The summed E-state index contributed by atoms with van der Waals surface area (Å²) >= 11 is 0. The number of nitrogens with zero attached hydrogens (tertiary/aromatic N) is 3. The van der Waals surface area contributed by atoms with Gasteiger partial charge in [-0.3, -0.25) is 9.48 Å². The third-order valence-corrected chi connectivity index (χ3v) is 4.12. The highest BCUT2D eigenvalue weighted by molar-refractivity contribution is 5.73. The van der Waals surface area contributed by atoms with E-state index in [-0.39, 0.29) is 5.91 Å². The van der Waals surface area contributed by atoms with Gasteiger partial charge in [-0.2, -0.15) is 5.10 Å². The van der Waals surface area contributed by atoms with Crippen LogP contribution in [-0.2, 0) is 17.8 Å². The first-order valence-electron chi connectivity index (χ1n) is 8.08. The minimum absolute atomic E-state index is 0.187. The molecule has 1 amide bonds. The number of carbonyl (C=O) groups is 1. The fourth-order valence-electron chi connectivity index (χ4n) is 2.97. The van der Waals surface area contributed by atoms with Crippen LogP contribution in [0.3, 0.4) is 0 Å². The van der Waals surface area contributed by atoms with E-state index < -0.39 is 0 Å². The molecule has 0 spiro atoms. The van der Waals surface area contributed by atoms with Crippen molar-refractivity contribution in [2.24, 2.45) is 5.92 Å². The molecule has 0 saturated carbocycles. The second-order valence-electron chi connectivity index (χ2n) is 6.36. The molecule has 0 bridgehead atoms. The normalized spacial score (nSPS) is 16.5. The van der Waals surface area contributed by atoms with Gasteiger partial charge in [0.2, 0.25) is 5.91 Å². The van der Waals surface area contributed by atoms with Gasteiger partial charge < -0.3 is 10.2 Å². The first kappa shape index (κ1) is 15.9. The van der Waals surface area contributed by atoms with E-state index in [1.807, 2.05) is 11.1 Å². The molecule has 1 saturated heterocycles. The Balaban J connectivity index is 1.97. The molecule has 21 heavy (non-hydrogen) atoms. The van der Waals surface area contributed by atoms with Crippen molar-refractivity contribution in [1.29, 1.82) is 0 Å². The van der Waals surface area contributed by atoms with E-state index in [1.165, 1.54) is 11.4 Å². The molecule has 1 fully saturated rings. The van der Waals surface area contributed by atoms with Crippen molar-refractivity contribution in [2.45, 2.75) is 59.5 Å². The van der Waals surface area contributed by atoms with Crippen LogP contribution in [-0.4, -0.2) is 39.7 Å². The van der Waals surface area contributed by atoms with Crippen LogP contribution in [0.1, 0.15) is 46.2 Å². The molecule has 1 aromatic heterocycles. The van der Waals surface area contributed by atoms with Crippen LogP contribution in [0.2, 0.25) is 0 Å². The Bertz CT molecular complexity index is 473. The van der Waals surface area contributed by atoms with Crippen molar-refractivity contribution < 1.29 is 4.79 Å². The molecule has 5 nitrogen and oxygen atoms in total. The summed E-state index contributed by atoms with van der Waals surface area (Å²) in [5.41, 5.74) is 2.46. The lowest BCUT2D eigenvalue weighted by atomic mass is 10.0. The summed E-state index contributed by atoms with van der Waals surface area (Å²) < 4.78 is 2.12. The fraction of sp³-hybridized carbons (Fsp3) is 0.750. The molecule has 0 unspecified atom stereocenters. The van der Waals surface area contributed by atoms with Crippen LogP contribution in [0.15, 0.2) is 6.20 Å². The molecule has 0 atom stereocenters. The first-order chi connectivity index (χ1) is 10.0. The Kier molecular flexibility index (Phi) is 5.26. The molecular weight excluding hydrogens is 264 g/mol. The Morgan fingerprint density at radius 1 is 1.43 bits per heavy atom. The Hall–Kier alpha value is -1.52. The van der Waals surface area contributed by atoms with Crippen molar-refractivity contribution in [2.75, 3.05) is 18.4 Å². The molecule has 118 valence electrons. The van der Waals surface area contributed by atoms with Crippen LogP contribution in [0.5, 0.6) is 0 Å². The van der Waals surface area contributed by atoms with Crippen LogP contribution < -0.4 is 5.32 Å². The lowest BCUT2D eigenvalue weighted by molar-refractivity contribution is -0.129. The molecule has 1 N–H and O–H groups in total. The predicted octanol–water partition coefficient (Wildman–Crippen LogP) is 2.52. The zero-order valence-corrected chi connectivity index (χ0v) is 13.7. The maximum Gasteiger partial charge on any atom is 0.219 e. The van der Waals surface area contributed by atoms with Gasteiger partial charge in [-0.15, -0.1) is 0 Å². The smallest absolute Gasteiger partial charge is 0.219 e. The van der Waals surface area contributed by atoms with Crippen LogP contribution >= 0.6 is 0 Å². The number of piperidine rings is 1. The number of rotatable bonds is 5. The van der Waals surface area contributed by atoms with E-state index in [9.17, 15) is 4.79 Å². The second-order valence-corrected chi connectivity index (χ2v) is 6.36. The van der Waals surface area contributed by atoms with Gasteiger partial charge in [0, 0.05) is 32.6 Å². The zero-order valence-electron chi connectivity index (χ0n) is 13.7. The number of amides is 1. The molecule has 1 aliphatic rings. The molecule has 1 aliphatic heterocycles. The standard InChI is InChI=1S/C16H28N4O/c1-5-16-15(10-17-20(16)11-12(2)3)18-14-6-8-19(9-7-14)13(4)21/h10,12,14,18H,5-9,11H2,1-4H3. The quantitative estimate of drug-likeness (QED) is 0.907. The predicted molar refractivity (Wildman–Crippen MR) is 85.3 cm³/mol. The molecule has 0 aliphatic carbocycles. The second kappa shape index (κ2) is 6.96. The topological polar surface area (TPSA) is 50.2 Å². The van der Waals surface area contributed by atoms with Gasteiger partial charge >= 0.3 is 0 Å². The van der Waals surface area contributed by atoms with Gasteiger partial charge in [0.1, 0.15) is 0 Å². The van der Waals surface area contributed by atoms with Gasteiger partial charge in [-0.1, -0.05) is 20.8 Å². The lowest BCUT2D eigenvalue weighted by Gasteiger charge is -2.32. The Labute approximate surface area is 127 Å². The maximum absolute atomic E-state index is 11.4. The number of aromatic nitrogens is 2. The number of hydrogen-bond acceptors (Lipinski definition) is 3. The van der Waals surface area contributed by atoms with Gasteiger partial charge in [0.15, 0.2) is 0 Å². The van der Waals surface area contributed by atoms with E-state index in [1.54, 1.807) is 6.92 Å². The van der Waals surface area contributed by atoms with Crippen LogP contribution in [0, 0.1) is 5.92 Å². The number of carbonyl (C=O) groups excluding carboxylic acids is 1. The van der Waals surface area contributed by atoms with E-state index >= 15 is 0 Å². The van der Waals surface area contributed by atoms with Crippen molar-refractivity contribution in [3.63, 3.8) is 0 Å². The minimum atomic E-state index is 0.187. The SMILES string of the molecule is CCc1c(NC2CCN(C(C)=O)CC2)cnn1CC(C)C. The van der Waals surface area contributed by atoms with Gasteiger partial charge in [-0.25, -0.2) is 0 Å². The number of anilines is 1. The molecule has 2 rings (SSSR count). The highest BCUT2D eigenvalue weighted by atomic mass is 16.2. The van der Waals surface area contributed by atoms with E-state index in [0.29, 0.717) is 12.0 Å². The summed E-state index contributed by atoms with van der Waals surface area (Å²) in [6.07, 6.45) is 4.97. The Morgan fingerprint density at radius 3 is 2.62 bits per heavy atom. The van der Waals surface area contributed by atoms with E-state index in [2.05, 4.69) is 35.9 Å². The lowest BCUT2D eigenvalue weighted by Crippen LogP contribution is -2.41. The summed E-state index contributed by atoms with van der Waals surface area (Å²) in [6.45, 7) is 10.9. The van der Waals surface area contributed by atoms with Crippen molar-refractivity contribution in [1.82, 2.24) is 14.7 Å². The average Bonchev–Trinajstić information content (AvgIpc) is 2.80. The van der Waals surface area contributed by atoms with Crippen LogP contribution in [0.25, 0.3) is 0 Å². The number of nitrogens with one attached hydrogen (secondary N) is 1. The van der Waals surface area contributed by atoms with Crippen molar-refractivity contribution in [3.05, 3.63) is 11.9 Å². The van der Waals surface area contributed by atoms with Crippen molar-refractivity contribution >= 4 is 11.6 Å². The summed E-state index contributed by atoms with van der Waals surface area (Å²) in [6, 6.07) is 0.447. The van der Waals surface area contributed by atoms with Gasteiger partial charge in [-0.05, 0) is 25.2 Å².